The van der Waals surface area contributed by atoms with Gasteiger partial charge >= 0.3 is 0 Å². The van der Waals surface area contributed by atoms with E-state index >= 15 is 0 Å². The number of hydrogen-bond donors (Lipinski definition) is 1. The van der Waals surface area contributed by atoms with Crippen molar-refractivity contribution in [3.63, 3.8) is 0 Å². The van der Waals surface area contributed by atoms with Crippen molar-refractivity contribution in [2.24, 2.45) is 0 Å². The van der Waals surface area contributed by atoms with Gasteiger partial charge in [-0.3, -0.25) is 0 Å². The number of benzene rings is 2. The van der Waals surface area contributed by atoms with Crippen molar-refractivity contribution in [1.29, 1.82) is 0 Å². The lowest BCUT2D eigenvalue weighted by atomic mass is 9.96. The maximum atomic E-state index is 14.2. The van der Waals surface area contributed by atoms with Crippen LogP contribution >= 0.6 is 15.9 Å². The molecule has 2 aromatic carbocycles. The van der Waals surface area contributed by atoms with E-state index < -0.39 is 23.5 Å². The molecule has 0 fully saturated rings. The van der Waals surface area contributed by atoms with Crippen LogP contribution in [0, 0.1) is 24.4 Å². The van der Waals surface area contributed by atoms with Gasteiger partial charge in [-0.15, -0.1) is 0 Å². The summed E-state index contributed by atoms with van der Waals surface area (Å²) >= 11 is 3.02. The third-order valence-corrected chi connectivity index (χ3v) is 3.73. The second kappa shape index (κ2) is 5.97. The molecule has 0 heterocycles. The molecule has 0 saturated heterocycles. The molecule has 1 nitrogen and oxygen atoms in total. The molecule has 0 amide bonds. The van der Waals surface area contributed by atoms with Gasteiger partial charge in [0.05, 0.1) is 10.5 Å². The van der Waals surface area contributed by atoms with Gasteiger partial charge in [-0.25, -0.2) is 13.2 Å². The van der Waals surface area contributed by atoms with Gasteiger partial charge in [0.15, 0.2) is 0 Å². The normalized spacial score (nSPS) is 12.5. The number of aryl methyl sites for hydroxylation is 1. The van der Waals surface area contributed by atoms with Crippen LogP contribution in [0.25, 0.3) is 0 Å². The average molecular weight is 344 g/mol. The summed E-state index contributed by atoms with van der Waals surface area (Å²) in [5.74, 6) is -1.95. The molecule has 5 heteroatoms. The van der Waals surface area contributed by atoms with E-state index in [1.165, 1.54) is 19.2 Å². The van der Waals surface area contributed by atoms with E-state index in [0.717, 1.165) is 11.6 Å². The first-order valence-electron chi connectivity index (χ1n) is 6.02. The van der Waals surface area contributed by atoms with Crippen LogP contribution in [-0.2, 0) is 0 Å². The van der Waals surface area contributed by atoms with Crippen LogP contribution in [0.15, 0.2) is 34.8 Å². The third kappa shape index (κ3) is 2.74. The maximum Gasteiger partial charge on any atom is 0.145 e. The molecule has 2 aromatic rings. The van der Waals surface area contributed by atoms with Crippen molar-refractivity contribution in [3.05, 3.63) is 68.9 Å². The summed E-state index contributed by atoms with van der Waals surface area (Å²) in [6.07, 6.45) is 0. The molecule has 1 atom stereocenters. The number of rotatable bonds is 3. The molecule has 1 N–H and O–H groups in total. The van der Waals surface area contributed by atoms with Crippen LogP contribution in [0.4, 0.5) is 13.2 Å². The second-order valence-electron chi connectivity index (χ2n) is 4.50. The van der Waals surface area contributed by atoms with E-state index in [2.05, 4.69) is 21.2 Å². The summed E-state index contributed by atoms with van der Waals surface area (Å²) in [7, 11) is 1.53. The molecule has 0 aliphatic heterocycles. The Labute approximate surface area is 123 Å². The largest absolute Gasteiger partial charge is 0.309 e. The van der Waals surface area contributed by atoms with Crippen molar-refractivity contribution < 1.29 is 13.2 Å². The van der Waals surface area contributed by atoms with Crippen molar-refractivity contribution in [2.45, 2.75) is 13.0 Å². The number of hydrogen-bond acceptors (Lipinski definition) is 1. The van der Waals surface area contributed by atoms with E-state index in [9.17, 15) is 13.2 Å². The Hall–Kier alpha value is -1.33. The van der Waals surface area contributed by atoms with Gasteiger partial charge in [0.2, 0.25) is 0 Å². The minimum absolute atomic E-state index is 0.141. The van der Waals surface area contributed by atoms with Crippen LogP contribution in [0.5, 0.6) is 0 Å². The molecule has 0 aliphatic rings. The molecule has 0 bridgehead atoms. The first kappa shape index (κ1) is 15.1. The van der Waals surface area contributed by atoms with Crippen molar-refractivity contribution in [1.82, 2.24) is 5.32 Å². The first-order chi connectivity index (χ1) is 9.45. The summed E-state index contributed by atoms with van der Waals surface area (Å²) in [6.45, 7) is 1.79. The topological polar surface area (TPSA) is 12.0 Å². The highest BCUT2D eigenvalue weighted by Gasteiger charge is 2.24. The van der Waals surface area contributed by atoms with Crippen LogP contribution in [-0.4, -0.2) is 7.05 Å². The minimum atomic E-state index is -0.896. The average Bonchev–Trinajstić information content (AvgIpc) is 2.42. The van der Waals surface area contributed by atoms with Crippen LogP contribution < -0.4 is 5.32 Å². The number of halogens is 4. The van der Waals surface area contributed by atoms with Gasteiger partial charge < -0.3 is 5.32 Å². The van der Waals surface area contributed by atoms with E-state index in [1.54, 1.807) is 19.1 Å². The van der Waals surface area contributed by atoms with Gasteiger partial charge in [0.1, 0.15) is 17.5 Å². The summed E-state index contributed by atoms with van der Waals surface area (Å²) in [6, 6.07) is 6.03. The highest BCUT2D eigenvalue weighted by Crippen LogP contribution is 2.32. The zero-order valence-corrected chi connectivity index (χ0v) is 12.6. The van der Waals surface area contributed by atoms with Crippen LogP contribution in [0.1, 0.15) is 22.7 Å². The molecule has 2 rings (SSSR count). The molecule has 0 aromatic heterocycles. The van der Waals surface area contributed by atoms with Gasteiger partial charge in [-0.1, -0.05) is 17.7 Å². The Morgan fingerprint density at radius 1 is 1.05 bits per heavy atom. The summed E-state index contributed by atoms with van der Waals surface area (Å²) < 4.78 is 42.2. The van der Waals surface area contributed by atoms with Crippen LogP contribution in [0.2, 0.25) is 0 Å². The molecule has 0 spiro atoms. The molecule has 1 unspecified atom stereocenters. The minimum Gasteiger partial charge on any atom is -0.309 e. The van der Waals surface area contributed by atoms with Crippen LogP contribution in [0.3, 0.4) is 0 Å². The predicted molar refractivity (Wildman–Crippen MR) is 76.1 cm³/mol. The summed E-state index contributed by atoms with van der Waals surface area (Å²) in [5.41, 5.74) is 0.826. The van der Waals surface area contributed by atoms with Gasteiger partial charge in [-0.05, 0) is 48.1 Å². The zero-order chi connectivity index (χ0) is 14.9. The lowest BCUT2D eigenvalue weighted by Gasteiger charge is -2.20. The molecular formula is C15H13BrF3N. The predicted octanol–water partition coefficient (Wildman–Crippen LogP) is 4.48. The Bertz CT molecular complexity index is 643. The van der Waals surface area contributed by atoms with Crippen molar-refractivity contribution >= 4 is 15.9 Å². The molecule has 0 radical (unpaired) electrons. The lowest BCUT2D eigenvalue weighted by molar-refractivity contribution is 0.505. The van der Waals surface area contributed by atoms with Gasteiger partial charge in [-0.2, -0.15) is 0 Å². The van der Waals surface area contributed by atoms with E-state index in [4.69, 9.17) is 0 Å². The fourth-order valence-corrected chi connectivity index (χ4v) is 2.49. The van der Waals surface area contributed by atoms with E-state index in [-0.39, 0.29) is 15.6 Å². The zero-order valence-electron chi connectivity index (χ0n) is 11.0. The molecule has 0 saturated carbocycles. The number of nitrogens with one attached hydrogen (secondary N) is 1. The fraction of sp³-hybridized carbons (Fsp3) is 0.200. The fourth-order valence-electron chi connectivity index (χ4n) is 2.15. The van der Waals surface area contributed by atoms with Crippen molar-refractivity contribution in [3.8, 4) is 0 Å². The summed E-state index contributed by atoms with van der Waals surface area (Å²) in [5, 5.41) is 2.77. The monoisotopic (exact) mass is 343 g/mol. The third-order valence-electron chi connectivity index (χ3n) is 3.12. The maximum absolute atomic E-state index is 14.2. The lowest BCUT2D eigenvalue weighted by Crippen LogP contribution is -2.22. The second-order valence-corrected chi connectivity index (χ2v) is 5.36. The smallest absolute Gasteiger partial charge is 0.145 e. The molecular weight excluding hydrogens is 331 g/mol. The Balaban J connectivity index is 2.64. The first-order valence-corrected chi connectivity index (χ1v) is 6.81. The SMILES string of the molecule is CNC(c1cc(C)ccc1F)c1c(F)ccc(Br)c1F. The van der Waals surface area contributed by atoms with Gasteiger partial charge in [0.25, 0.3) is 0 Å². The highest BCUT2D eigenvalue weighted by molar-refractivity contribution is 9.10. The standard InChI is InChI=1S/C15H13BrF3N/c1-8-3-5-11(17)9(7-8)15(20-2)13-12(18)6-4-10(16)14(13)19/h3-7,15,20H,1-2H3. The Morgan fingerprint density at radius 2 is 1.70 bits per heavy atom. The molecule has 106 valence electrons. The molecule has 0 aliphatic carbocycles. The van der Waals surface area contributed by atoms with E-state index in [0.29, 0.717) is 0 Å². The highest BCUT2D eigenvalue weighted by atomic mass is 79.9. The summed E-state index contributed by atoms with van der Waals surface area (Å²) in [4.78, 5) is 0. The van der Waals surface area contributed by atoms with Crippen molar-refractivity contribution in [2.75, 3.05) is 7.05 Å². The Morgan fingerprint density at radius 3 is 2.35 bits per heavy atom. The molecule has 20 heavy (non-hydrogen) atoms. The quantitative estimate of drug-likeness (QED) is 0.810. The van der Waals surface area contributed by atoms with E-state index in [1.807, 2.05) is 0 Å². The Kier molecular flexibility index (Phi) is 4.50. The van der Waals surface area contributed by atoms with Gasteiger partial charge in [0, 0.05) is 11.1 Å².